The van der Waals surface area contributed by atoms with E-state index in [4.69, 9.17) is 0 Å². The number of sulfonamides is 1. The first-order valence-electron chi connectivity index (χ1n) is 9.84. The monoisotopic (exact) mass is 466 g/mol. The molecule has 3 aromatic rings. The lowest BCUT2D eigenvalue weighted by molar-refractivity contribution is -0.0429. The maximum Gasteiger partial charge on any atom is 0.516 e. The molecule has 0 spiro atoms. The first-order valence-corrected chi connectivity index (χ1v) is 11.3. The zero-order valence-corrected chi connectivity index (χ0v) is 17.7. The van der Waals surface area contributed by atoms with E-state index in [1.54, 1.807) is 15.5 Å². The third-order valence-corrected chi connectivity index (χ3v) is 6.20. The summed E-state index contributed by atoms with van der Waals surface area (Å²) in [5.41, 5.74) is -3.07. The van der Waals surface area contributed by atoms with Gasteiger partial charge in [-0.2, -0.15) is 21.6 Å². The van der Waals surface area contributed by atoms with Crippen LogP contribution in [0.4, 0.5) is 24.5 Å². The molecule has 12 heteroatoms. The molecule has 1 aromatic heterocycles. The quantitative estimate of drug-likeness (QED) is 0.602. The van der Waals surface area contributed by atoms with Crippen LogP contribution in [0.3, 0.4) is 0 Å². The average molecular weight is 466 g/mol. The summed E-state index contributed by atoms with van der Waals surface area (Å²) in [6.07, 6.45) is 1.89. The minimum atomic E-state index is -5.45. The van der Waals surface area contributed by atoms with E-state index < -0.39 is 15.5 Å². The second kappa shape index (κ2) is 8.79. The van der Waals surface area contributed by atoms with Crippen molar-refractivity contribution in [1.82, 2.24) is 19.9 Å². The van der Waals surface area contributed by atoms with Crippen LogP contribution in [0.15, 0.2) is 60.8 Å². The largest absolute Gasteiger partial charge is 0.516 e. The van der Waals surface area contributed by atoms with Crippen molar-refractivity contribution < 1.29 is 21.6 Å². The molecule has 1 N–H and O–H groups in total. The van der Waals surface area contributed by atoms with Gasteiger partial charge in [-0.3, -0.25) is 9.62 Å². The third-order valence-electron chi connectivity index (χ3n) is 5.09. The van der Waals surface area contributed by atoms with Crippen molar-refractivity contribution in [3.05, 3.63) is 66.5 Å². The van der Waals surface area contributed by atoms with Crippen LogP contribution < -0.4 is 9.62 Å². The molecule has 1 aliphatic rings. The molecule has 2 heterocycles. The van der Waals surface area contributed by atoms with Crippen molar-refractivity contribution in [2.45, 2.75) is 12.1 Å². The fraction of sp³-hybridized carbons (Fsp3) is 0.300. The van der Waals surface area contributed by atoms with Gasteiger partial charge in [0.05, 0.1) is 23.3 Å². The minimum absolute atomic E-state index is 0.125. The molecule has 0 radical (unpaired) electrons. The number of hydrogen-bond acceptors (Lipinski definition) is 6. The minimum Gasteiger partial charge on any atom is -0.369 e. The fourth-order valence-corrected chi connectivity index (χ4v) is 4.00. The molecule has 1 saturated heterocycles. The average Bonchev–Trinajstić information content (AvgIpc) is 3.22. The Bertz CT molecular complexity index is 1160. The van der Waals surface area contributed by atoms with E-state index in [2.05, 4.69) is 15.2 Å². The Labute approximate surface area is 183 Å². The lowest BCUT2D eigenvalue weighted by Gasteiger charge is -2.35. The summed E-state index contributed by atoms with van der Waals surface area (Å²) in [5.74, 6) is 0. The van der Waals surface area contributed by atoms with Crippen LogP contribution in [-0.2, 0) is 16.6 Å². The van der Waals surface area contributed by atoms with Crippen molar-refractivity contribution in [2.24, 2.45) is 0 Å². The lowest BCUT2D eigenvalue weighted by atomic mass is 10.2. The number of alkyl halides is 3. The third kappa shape index (κ3) is 5.02. The summed E-state index contributed by atoms with van der Waals surface area (Å²) in [5, 5.41) is 8.39. The zero-order valence-electron chi connectivity index (χ0n) is 16.9. The Hall–Kier alpha value is -3.12. The van der Waals surface area contributed by atoms with Crippen LogP contribution in [0.5, 0.6) is 0 Å². The zero-order chi connectivity index (χ0) is 22.8. The summed E-state index contributed by atoms with van der Waals surface area (Å²) < 4.78 is 63.9. The highest BCUT2D eigenvalue weighted by Crippen LogP contribution is 2.27. The summed E-state index contributed by atoms with van der Waals surface area (Å²) in [7, 11) is -5.45. The number of anilines is 2. The van der Waals surface area contributed by atoms with E-state index in [1.807, 2.05) is 41.4 Å². The van der Waals surface area contributed by atoms with Gasteiger partial charge in [0, 0.05) is 38.4 Å². The molecule has 170 valence electrons. The number of nitrogens with zero attached hydrogens (tertiary/aromatic N) is 5. The molecule has 4 rings (SSSR count). The Balaban J connectivity index is 1.35. The Kier molecular flexibility index (Phi) is 6.07. The van der Waals surface area contributed by atoms with E-state index in [-0.39, 0.29) is 5.69 Å². The summed E-state index contributed by atoms with van der Waals surface area (Å²) in [4.78, 5) is 4.22. The van der Waals surface area contributed by atoms with E-state index in [1.165, 1.54) is 18.2 Å². The van der Waals surface area contributed by atoms with Gasteiger partial charge in [-0.25, -0.2) is 4.68 Å². The van der Waals surface area contributed by atoms with E-state index in [0.717, 1.165) is 24.5 Å². The van der Waals surface area contributed by atoms with Crippen molar-refractivity contribution in [2.75, 3.05) is 35.8 Å². The van der Waals surface area contributed by atoms with Crippen molar-refractivity contribution in [3.8, 4) is 5.69 Å². The molecule has 1 aliphatic heterocycles. The van der Waals surface area contributed by atoms with Gasteiger partial charge in [-0.1, -0.05) is 29.5 Å². The highest BCUT2D eigenvalue weighted by Gasteiger charge is 2.46. The molecule has 8 nitrogen and oxygen atoms in total. The predicted octanol–water partition coefficient (Wildman–Crippen LogP) is 2.85. The smallest absolute Gasteiger partial charge is 0.369 e. The van der Waals surface area contributed by atoms with Crippen LogP contribution in [0.1, 0.15) is 5.69 Å². The van der Waals surface area contributed by atoms with Crippen molar-refractivity contribution in [1.29, 1.82) is 0 Å². The van der Waals surface area contributed by atoms with Crippen LogP contribution in [0, 0.1) is 0 Å². The number of nitrogens with one attached hydrogen (secondary N) is 1. The molecule has 0 saturated carbocycles. The topological polar surface area (TPSA) is 83.4 Å². The molecule has 0 aliphatic carbocycles. The second-order valence-electron chi connectivity index (χ2n) is 7.35. The van der Waals surface area contributed by atoms with Gasteiger partial charge >= 0.3 is 15.5 Å². The fourth-order valence-electron chi connectivity index (χ4n) is 3.45. The number of hydrogen-bond donors (Lipinski definition) is 1. The molecule has 32 heavy (non-hydrogen) atoms. The summed E-state index contributed by atoms with van der Waals surface area (Å²) >= 11 is 0. The molecule has 0 unspecified atom stereocenters. The van der Waals surface area contributed by atoms with E-state index in [0.29, 0.717) is 25.3 Å². The van der Waals surface area contributed by atoms with E-state index >= 15 is 0 Å². The number of para-hydroxylation sites is 1. The number of rotatable bonds is 6. The van der Waals surface area contributed by atoms with Gasteiger partial charge < -0.3 is 4.90 Å². The number of piperazine rings is 1. The number of aromatic nitrogens is 3. The SMILES string of the molecule is O=S(=O)(Nc1cccc(N2CCN(Cc3cn(-c4ccccc4)nn3)CC2)c1)C(F)(F)F. The molecule has 0 atom stereocenters. The number of halogens is 3. The Morgan fingerprint density at radius 1 is 0.938 bits per heavy atom. The summed E-state index contributed by atoms with van der Waals surface area (Å²) in [6.45, 7) is 3.35. The normalized spacial score (nSPS) is 15.7. The number of benzene rings is 2. The van der Waals surface area contributed by atoms with Gasteiger partial charge in [0.2, 0.25) is 0 Å². The van der Waals surface area contributed by atoms with Gasteiger partial charge in [-0.15, -0.1) is 5.10 Å². The van der Waals surface area contributed by atoms with Gasteiger partial charge in [0.15, 0.2) is 0 Å². The Morgan fingerprint density at radius 3 is 2.31 bits per heavy atom. The van der Waals surface area contributed by atoms with Gasteiger partial charge in [0.1, 0.15) is 0 Å². The predicted molar refractivity (Wildman–Crippen MR) is 114 cm³/mol. The Morgan fingerprint density at radius 2 is 1.62 bits per heavy atom. The van der Waals surface area contributed by atoms with Gasteiger partial charge in [0.25, 0.3) is 0 Å². The molecule has 0 amide bonds. The van der Waals surface area contributed by atoms with Crippen molar-refractivity contribution in [3.63, 3.8) is 0 Å². The molecular weight excluding hydrogens is 445 g/mol. The molecule has 2 aromatic carbocycles. The van der Waals surface area contributed by atoms with Crippen LogP contribution in [0.25, 0.3) is 5.69 Å². The second-order valence-corrected chi connectivity index (χ2v) is 9.03. The first kappa shape index (κ1) is 22.1. The van der Waals surface area contributed by atoms with Crippen LogP contribution in [-0.4, -0.2) is 60.0 Å². The lowest BCUT2D eigenvalue weighted by Crippen LogP contribution is -2.46. The molecule has 1 fully saturated rings. The first-order chi connectivity index (χ1) is 15.2. The van der Waals surface area contributed by atoms with Crippen LogP contribution in [0.2, 0.25) is 0 Å². The van der Waals surface area contributed by atoms with Gasteiger partial charge in [-0.05, 0) is 30.3 Å². The van der Waals surface area contributed by atoms with Crippen LogP contribution >= 0.6 is 0 Å². The van der Waals surface area contributed by atoms with E-state index in [9.17, 15) is 21.6 Å². The highest BCUT2D eigenvalue weighted by atomic mass is 32.2. The molecule has 0 bridgehead atoms. The summed E-state index contributed by atoms with van der Waals surface area (Å²) in [6, 6.07) is 15.6. The standard InChI is InChI=1S/C20H21F3N6O2S/c21-20(22,23)32(30,31)25-16-5-4-8-19(13-16)28-11-9-27(10-12-28)14-17-15-29(26-24-17)18-6-2-1-3-7-18/h1-8,13,15,25H,9-12,14H2. The maximum absolute atomic E-state index is 12.6. The highest BCUT2D eigenvalue weighted by molar-refractivity contribution is 7.93. The molecular formula is C20H21F3N6O2S. The van der Waals surface area contributed by atoms with Crippen molar-refractivity contribution >= 4 is 21.4 Å². The maximum atomic E-state index is 12.6.